The van der Waals surface area contributed by atoms with Gasteiger partial charge in [-0.05, 0) is 31.9 Å². The van der Waals surface area contributed by atoms with Gasteiger partial charge in [0.1, 0.15) is 5.82 Å². The van der Waals surface area contributed by atoms with Crippen LogP contribution in [0.4, 0.5) is 10.1 Å². The highest BCUT2D eigenvalue weighted by atomic mass is 32.2. The number of nitrogens with one attached hydrogen (secondary N) is 1. The summed E-state index contributed by atoms with van der Waals surface area (Å²) in [7, 11) is -3.75. The van der Waals surface area contributed by atoms with Gasteiger partial charge in [-0.2, -0.15) is 0 Å². The Labute approximate surface area is 107 Å². The minimum atomic E-state index is -3.75. The molecule has 0 aliphatic rings. The molecule has 0 amide bonds. The first kappa shape index (κ1) is 14.9. The SMILES string of the molecule is Cc1c(F)cc(N)cc1S(=O)(=O)NC(C)C(C)C. The number of hydrogen-bond donors (Lipinski definition) is 2. The van der Waals surface area contributed by atoms with Gasteiger partial charge in [-0.3, -0.25) is 0 Å². The van der Waals surface area contributed by atoms with E-state index in [1.54, 1.807) is 6.92 Å². The van der Waals surface area contributed by atoms with Crippen molar-refractivity contribution in [3.63, 3.8) is 0 Å². The van der Waals surface area contributed by atoms with Gasteiger partial charge >= 0.3 is 0 Å². The van der Waals surface area contributed by atoms with Crippen molar-refractivity contribution >= 4 is 15.7 Å². The van der Waals surface area contributed by atoms with Crippen molar-refractivity contribution in [3.8, 4) is 0 Å². The Kier molecular flexibility index (Phi) is 4.34. The topological polar surface area (TPSA) is 72.2 Å². The maximum absolute atomic E-state index is 13.5. The number of rotatable bonds is 4. The van der Waals surface area contributed by atoms with Gasteiger partial charge in [-0.25, -0.2) is 17.5 Å². The van der Waals surface area contributed by atoms with Gasteiger partial charge in [-0.1, -0.05) is 13.8 Å². The Morgan fingerprint density at radius 3 is 2.33 bits per heavy atom. The van der Waals surface area contributed by atoms with Crippen LogP contribution in [0.3, 0.4) is 0 Å². The number of anilines is 1. The lowest BCUT2D eigenvalue weighted by atomic mass is 10.1. The highest BCUT2D eigenvalue weighted by molar-refractivity contribution is 7.89. The van der Waals surface area contributed by atoms with Crippen LogP contribution in [-0.4, -0.2) is 14.5 Å². The Hall–Kier alpha value is -1.14. The number of hydrogen-bond acceptors (Lipinski definition) is 3. The van der Waals surface area contributed by atoms with Gasteiger partial charge in [-0.15, -0.1) is 0 Å². The summed E-state index contributed by atoms with van der Waals surface area (Å²) >= 11 is 0. The Morgan fingerprint density at radius 1 is 1.28 bits per heavy atom. The number of nitrogen functional groups attached to an aromatic ring is 1. The van der Waals surface area contributed by atoms with E-state index in [4.69, 9.17) is 5.73 Å². The zero-order valence-electron chi connectivity index (χ0n) is 11.0. The molecule has 0 aliphatic carbocycles. The maximum Gasteiger partial charge on any atom is 0.241 e. The summed E-state index contributed by atoms with van der Waals surface area (Å²) in [5, 5.41) is 0. The van der Waals surface area contributed by atoms with Crippen molar-refractivity contribution in [2.45, 2.75) is 38.6 Å². The second kappa shape index (κ2) is 5.24. The van der Waals surface area contributed by atoms with Crippen LogP contribution >= 0.6 is 0 Å². The molecule has 0 spiro atoms. The smallest absolute Gasteiger partial charge is 0.241 e. The molecule has 3 N–H and O–H groups in total. The third kappa shape index (κ3) is 3.20. The van der Waals surface area contributed by atoms with E-state index in [0.29, 0.717) is 0 Å². The highest BCUT2D eigenvalue weighted by Gasteiger charge is 2.23. The van der Waals surface area contributed by atoms with E-state index in [1.807, 2.05) is 13.8 Å². The molecule has 0 fully saturated rings. The molecule has 0 radical (unpaired) electrons. The molecule has 1 atom stereocenters. The monoisotopic (exact) mass is 274 g/mol. The van der Waals surface area contributed by atoms with E-state index < -0.39 is 15.8 Å². The van der Waals surface area contributed by atoms with Crippen LogP contribution in [0.2, 0.25) is 0 Å². The average Bonchev–Trinajstić information content (AvgIpc) is 2.22. The fourth-order valence-corrected chi connectivity index (χ4v) is 3.08. The molecule has 1 aromatic rings. The quantitative estimate of drug-likeness (QED) is 0.825. The largest absolute Gasteiger partial charge is 0.399 e. The molecule has 0 saturated heterocycles. The summed E-state index contributed by atoms with van der Waals surface area (Å²) in [5.74, 6) is -0.474. The van der Waals surface area contributed by atoms with Crippen LogP contribution in [-0.2, 0) is 10.0 Å². The van der Waals surface area contributed by atoms with E-state index in [1.165, 1.54) is 13.0 Å². The van der Waals surface area contributed by atoms with Crippen LogP contribution in [0.15, 0.2) is 17.0 Å². The molecule has 0 bridgehead atoms. The summed E-state index contributed by atoms with van der Waals surface area (Å²) in [5.41, 5.74) is 5.65. The molecule has 0 saturated carbocycles. The highest BCUT2D eigenvalue weighted by Crippen LogP contribution is 2.22. The molecule has 0 aliphatic heterocycles. The van der Waals surface area contributed by atoms with Crippen LogP contribution < -0.4 is 10.5 Å². The van der Waals surface area contributed by atoms with Gasteiger partial charge in [0.2, 0.25) is 10.0 Å². The first-order valence-corrected chi connectivity index (χ1v) is 7.21. The van der Waals surface area contributed by atoms with E-state index in [-0.39, 0.29) is 28.1 Å². The molecule has 1 aromatic carbocycles. The fourth-order valence-electron chi connectivity index (χ4n) is 1.40. The molecule has 18 heavy (non-hydrogen) atoms. The predicted octanol–water partition coefficient (Wildman–Crippen LogP) is 2.04. The van der Waals surface area contributed by atoms with E-state index in [0.717, 1.165) is 6.07 Å². The molecular formula is C12H19FN2O2S. The molecular weight excluding hydrogens is 255 g/mol. The third-order valence-corrected chi connectivity index (χ3v) is 4.63. The van der Waals surface area contributed by atoms with Gasteiger partial charge in [0.25, 0.3) is 0 Å². The second-order valence-corrected chi connectivity index (χ2v) is 6.46. The van der Waals surface area contributed by atoms with Crippen molar-refractivity contribution in [2.24, 2.45) is 5.92 Å². The maximum atomic E-state index is 13.5. The summed E-state index contributed by atoms with van der Waals surface area (Å²) in [6.07, 6.45) is 0. The minimum absolute atomic E-state index is 0.0765. The Bertz CT molecular complexity index is 541. The number of halogens is 1. The number of sulfonamides is 1. The fraction of sp³-hybridized carbons (Fsp3) is 0.500. The molecule has 4 nitrogen and oxygen atoms in total. The van der Waals surface area contributed by atoms with Crippen molar-refractivity contribution in [2.75, 3.05) is 5.73 Å². The summed E-state index contributed by atoms with van der Waals surface area (Å²) in [4.78, 5) is -0.104. The Balaban J connectivity index is 3.21. The van der Waals surface area contributed by atoms with E-state index in [2.05, 4.69) is 4.72 Å². The number of nitrogens with two attached hydrogens (primary N) is 1. The number of benzene rings is 1. The zero-order chi connectivity index (χ0) is 14.1. The van der Waals surface area contributed by atoms with E-state index in [9.17, 15) is 12.8 Å². The molecule has 1 unspecified atom stereocenters. The summed E-state index contributed by atoms with van der Waals surface area (Å²) in [6, 6.07) is 2.15. The van der Waals surface area contributed by atoms with Crippen LogP contribution in [0.1, 0.15) is 26.3 Å². The molecule has 6 heteroatoms. The van der Waals surface area contributed by atoms with Crippen molar-refractivity contribution in [1.82, 2.24) is 4.72 Å². The standard InChI is InChI=1S/C12H19FN2O2S/c1-7(2)9(4)15-18(16,17)12-6-10(14)5-11(13)8(12)3/h5-7,9,15H,14H2,1-4H3. The lowest BCUT2D eigenvalue weighted by Crippen LogP contribution is -2.36. The van der Waals surface area contributed by atoms with Crippen LogP contribution in [0.25, 0.3) is 0 Å². The first-order chi connectivity index (χ1) is 8.15. The van der Waals surface area contributed by atoms with Crippen molar-refractivity contribution < 1.29 is 12.8 Å². The molecule has 102 valence electrons. The second-order valence-electron chi connectivity index (χ2n) is 4.78. The van der Waals surface area contributed by atoms with Crippen LogP contribution in [0.5, 0.6) is 0 Å². The Morgan fingerprint density at radius 2 is 1.83 bits per heavy atom. The molecule has 1 rings (SSSR count). The van der Waals surface area contributed by atoms with Gasteiger partial charge in [0.15, 0.2) is 0 Å². The third-order valence-electron chi connectivity index (χ3n) is 2.95. The first-order valence-electron chi connectivity index (χ1n) is 5.73. The summed E-state index contributed by atoms with van der Waals surface area (Å²) < 4.78 is 40.3. The molecule has 0 heterocycles. The van der Waals surface area contributed by atoms with E-state index >= 15 is 0 Å². The van der Waals surface area contributed by atoms with Crippen molar-refractivity contribution in [3.05, 3.63) is 23.5 Å². The predicted molar refractivity (Wildman–Crippen MR) is 70.2 cm³/mol. The molecule has 0 aromatic heterocycles. The van der Waals surface area contributed by atoms with Crippen LogP contribution in [0, 0.1) is 18.7 Å². The summed E-state index contributed by atoms with van der Waals surface area (Å²) in [6.45, 7) is 6.99. The van der Waals surface area contributed by atoms with Crippen molar-refractivity contribution in [1.29, 1.82) is 0 Å². The normalized spacial score (nSPS) is 13.9. The van der Waals surface area contributed by atoms with Gasteiger partial charge < -0.3 is 5.73 Å². The minimum Gasteiger partial charge on any atom is -0.399 e. The lowest BCUT2D eigenvalue weighted by Gasteiger charge is -2.18. The van der Waals surface area contributed by atoms with Gasteiger partial charge in [0.05, 0.1) is 4.90 Å². The lowest BCUT2D eigenvalue weighted by molar-refractivity contribution is 0.476. The van der Waals surface area contributed by atoms with Gasteiger partial charge in [0, 0.05) is 17.3 Å². The average molecular weight is 274 g/mol. The zero-order valence-corrected chi connectivity index (χ0v) is 11.8.